The molecule has 18 heavy (non-hydrogen) atoms. The second-order valence-corrected chi connectivity index (χ2v) is 5.69. The Morgan fingerprint density at radius 3 is 2.83 bits per heavy atom. The quantitative estimate of drug-likeness (QED) is 0.838. The van der Waals surface area contributed by atoms with Gasteiger partial charge in [0.25, 0.3) is 0 Å². The molecule has 0 aliphatic heterocycles. The highest BCUT2D eigenvalue weighted by Gasteiger charge is 2.19. The Kier molecular flexibility index (Phi) is 4.78. The molecule has 0 amide bonds. The number of rotatable bonds is 6. The van der Waals surface area contributed by atoms with Gasteiger partial charge in [-0.2, -0.15) is 0 Å². The molecule has 1 aromatic rings. The monoisotopic (exact) mass is 251 g/mol. The maximum absolute atomic E-state index is 10.1. The summed E-state index contributed by atoms with van der Waals surface area (Å²) >= 11 is 0. The van der Waals surface area contributed by atoms with Crippen molar-refractivity contribution in [3.05, 3.63) is 18.2 Å². The van der Waals surface area contributed by atoms with Crippen LogP contribution in [-0.4, -0.2) is 39.3 Å². The van der Waals surface area contributed by atoms with Crippen LogP contribution in [0, 0.1) is 5.92 Å². The van der Waals surface area contributed by atoms with Crippen LogP contribution in [0.5, 0.6) is 0 Å². The van der Waals surface area contributed by atoms with Crippen molar-refractivity contribution in [2.75, 3.05) is 13.6 Å². The van der Waals surface area contributed by atoms with Crippen molar-refractivity contribution in [1.29, 1.82) is 0 Å². The van der Waals surface area contributed by atoms with E-state index in [1.54, 1.807) is 0 Å². The Morgan fingerprint density at radius 1 is 1.50 bits per heavy atom. The van der Waals surface area contributed by atoms with Crippen molar-refractivity contribution < 1.29 is 5.11 Å². The predicted octanol–water partition coefficient (Wildman–Crippen LogP) is 1.79. The van der Waals surface area contributed by atoms with Crippen LogP contribution in [0.25, 0.3) is 0 Å². The number of aryl methyl sites for hydroxylation is 1. The molecule has 1 fully saturated rings. The maximum Gasteiger partial charge on any atom is 0.122 e. The van der Waals surface area contributed by atoms with Gasteiger partial charge in [-0.1, -0.05) is 25.7 Å². The molecule has 0 spiro atoms. The van der Waals surface area contributed by atoms with Crippen LogP contribution in [0.4, 0.5) is 0 Å². The zero-order valence-electron chi connectivity index (χ0n) is 11.5. The minimum atomic E-state index is -0.196. The second kappa shape index (κ2) is 6.34. The normalized spacial score (nSPS) is 18.7. The van der Waals surface area contributed by atoms with Gasteiger partial charge in [0.15, 0.2) is 0 Å². The van der Waals surface area contributed by atoms with Crippen molar-refractivity contribution in [2.24, 2.45) is 13.0 Å². The van der Waals surface area contributed by atoms with Gasteiger partial charge in [-0.05, 0) is 19.4 Å². The Hall–Kier alpha value is -0.870. The highest BCUT2D eigenvalue weighted by atomic mass is 16.3. The summed E-state index contributed by atoms with van der Waals surface area (Å²) in [5, 5.41) is 10.1. The first-order chi connectivity index (χ1) is 8.65. The van der Waals surface area contributed by atoms with Crippen molar-refractivity contribution >= 4 is 0 Å². The number of aliphatic hydroxyl groups is 1. The SMILES string of the molecule is CN(Cc1nccn1C)CC(O)CC1CCCC1. The van der Waals surface area contributed by atoms with Gasteiger partial charge < -0.3 is 9.67 Å². The molecule has 0 aromatic carbocycles. The minimum Gasteiger partial charge on any atom is -0.392 e. The summed E-state index contributed by atoms with van der Waals surface area (Å²) < 4.78 is 2.03. The summed E-state index contributed by atoms with van der Waals surface area (Å²) in [6.45, 7) is 1.54. The first kappa shape index (κ1) is 13.6. The van der Waals surface area contributed by atoms with Gasteiger partial charge in [-0.3, -0.25) is 4.90 Å². The summed E-state index contributed by atoms with van der Waals surface area (Å²) in [6.07, 6.45) is 9.85. The molecule has 1 N–H and O–H groups in total. The molecule has 1 aromatic heterocycles. The molecule has 0 radical (unpaired) electrons. The van der Waals surface area contributed by atoms with E-state index in [9.17, 15) is 5.11 Å². The van der Waals surface area contributed by atoms with E-state index in [-0.39, 0.29) is 6.10 Å². The molecule has 4 nitrogen and oxygen atoms in total. The smallest absolute Gasteiger partial charge is 0.122 e. The van der Waals surface area contributed by atoms with E-state index in [0.29, 0.717) is 0 Å². The number of hydrogen-bond acceptors (Lipinski definition) is 3. The maximum atomic E-state index is 10.1. The third kappa shape index (κ3) is 3.82. The van der Waals surface area contributed by atoms with E-state index in [1.807, 2.05) is 31.1 Å². The van der Waals surface area contributed by atoms with Crippen LogP contribution in [0.2, 0.25) is 0 Å². The number of nitrogens with zero attached hydrogens (tertiary/aromatic N) is 3. The molecular weight excluding hydrogens is 226 g/mol. The lowest BCUT2D eigenvalue weighted by molar-refractivity contribution is 0.0981. The van der Waals surface area contributed by atoms with E-state index < -0.39 is 0 Å². The molecular formula is C14H25N3O. The van der Waals surface area contributed by atoms with E-state index in [0.717, 1.165) is 31.3 Å². The molecule has 102 valence electrons. The zero-order valence-corrected chi connectivity index (χ0v) is 11.5. The van der Waals surface area contributed by atoms with E-state index >= 15 is 0 Å². The Balaban J connectivity index is 1.73. The number of likely N-dealkylation sites (N-methyl/N-ethyl adjacent to an activating group) is 1. The predicted molar refractivity (Wildman–Crippen MR) is 72.1 cm³/mol. The van der Waals surface area contributed by atoms with Gasteiger partial charge in [0, 0.05) is 26.0 Å². The Bertz CT molecular complexity index is 358. The van der Waals surface area contributed by atoms with Crippen molar-refractivity contribution in [2.45, 2.75) is 44.8 Å². The molecule has 4 heteroatoms. The topological polar surface area (TPSA) is 41.3 Å². The van der Waals surface area contributed by atoms with Crippen LogP contribution in [0.1, 0.15) is 37.9 Å². The lowest BCUT2D eigenvalue weighted by Gasteiger charge is -2.22. The molecule has 1 atom stereocenters. The number of imidazole rings is 1. The fraction of sp³-hybridized carbons (Fsp3) is 0.786. The van der Waals surface area contributed by atoms with Crippen molar-refractivity contribution in [1.82, 2.24) is 14.5 Å². The van der Waals surface area contributed by atoms with E-state index in [2.05, 4.69) is 9.88 Å². The lowest BCUT2D eigenvalue weighted by Crippen LogP contribution is -2.30. The fourth-order valence-corrected chi connectivity index (χ4v) is 2.92. The van der Waals surface area contributed by atoms with Gasteiger partial charge in [0.05, 0.1) is 12.6 Å². The Morgan fingerprint density at radius 2 is 2.22 bits per heavy atom. The number of hydrogen-bond donors (Lipinski definition) is 1. The molecule has 1 heterocycles. The third-order valence-corrected chi connectivity index (χ3v) is 3.93. The van der Waals surface area contributed by atoms with Crippen LogP contribution in [0.3, 0.4) is 0 Å². The summed E-state index contributed by atoms with van der Waals surface area (Å²) in [7, 11) is 4.05. The van der Waals surface area contributed by atoms with Gasteiger partial charge in [-0.25, -0.2) is 4.98 Å². The standard InChI is InChI=1S/C14H25N3O/c1-16(11-14-15-7-8-17(14)2)10-13(18)9-12-5-3-4-6-12/h7-8,12-13,18H,3-6,9-11H2,1-2H3. The van der Waals surface area contributed by atoms with Crippen LogP contribution in [-0.2, 0) is 13.6 Å². The highest BCUT2D eigenvalue weighted by Crippen LogP contribution is 2.28. The van der Waals surface area contributed by atoms with Gasteiger partial charge >= 0.3 is 0 Å². The molecule has 1 aliphatic carbocycles. The van der Waals surface area contributed by atoms with Gasteiger partial charge in [0.1, 0.15) is 5.82 Å². The summed E-state index contributed by atoms with van der Waals surface area (Å²) in [5.41, 5.74) is 0. The zero-order chi connectivity index (χ0) is 13.0. The summed E-state index contributed by atoms with van der Waals surface area (Å²) in [5.74, 6) is 1.80. The average Bonchev–Trinajstić information content (AvgIpc) is 2.91. The van der Waals surface area contributed by atoms with Crippen molar-refractivity contribution in [3.8, 4) is 0 Å². The first-order valence-electron chi connectivity index (χ1n) is 6.98. The average molecular weight is 251 g/mol. The molecule has 0 saturated heterocycles. The third-order valence-electron chi connectivity index (χ3n) is 3.93. The summed E-state index contributed by atoms with van der Waals surface area (Å²) in [6, 6.07) is 0. The second-order valence-electron chi connectivity index (χ2n) is 5.69. The lowest BCUT2D eigenvalue weighted by atomic mass is 10.00. The van der Waals surface area contributed by atoms with Crippen LogP contribution in [0.15, 0.2) is 12.4 Å². The minimum absolute atomic E-state index is 0.196. The number of aromatic nitrogens is 2. The van der Waals surface area contributed by atoms with Gasteiger partial charge in [0.2, 0.25) is 0 Å². The molecule has 1 saturated carbocycles. The fourth-order valence-electron chi connectivity index (χ4n) is 2.92. The number of aliphatic hydroxyl groups excluding tert-OH is 1. The van der Waals surface area contributed by atoms with Crippen LogP contribution >= 0.6 is 0 Å². The highest BCUT2D eigenvalue weighted by molar-refractivity contribution is 4.90. The Labute approximate surface area is 110 Å². The largest absolute Gasteiger partial charge is 0.392 e. The molecule has 2 rings (SSSR count). The summed E-state index contributed by atoms with van der Waals surface area (Å²) in [4.78, 5) is 6.46. The van der Waals surface area contributed by atoms with Gasteiger partial charge in [-0.15, -0.1) is 0 Å². The molecule has 1 aliphatic rings. The molecule has 1 unspecified atom stereocenters. The first-order valence-corrected chi connectivity index (χ1v) is 6.98. The van der Waals surface area contributed by atoms with E-state index in [4.69, 9.17) is 0 Å². The van der Waals surface area contributed by atoms with Crippen molar-refractivity contribution in [3.63, 3.8) is 0 Å². The van der Waals surface area contributed by atoms with E-state index in [1.165, 1.54) is 25.7 Å². The van der Waals surface area contributed by atoms with Crippen LogP contribution < -0.4 is 0 Å². The molecule has 0 bridgehead atoms.